The van der Waals surface area contributed by atoms with Crippen LogP contribution in [-0.2, 0) is 14.3 Å². The zero-order valence-electron chi connectivity index (χ0n) is 16.2. The number of esters is 1. The maximum Gasteiger partial charge on any atom is 0.341 e. The molecule has 24 heavy (non-hydrogen) atoms. The van der Waals surface area contributed by atoms with Crippen LogP contribution >= 0.6 is 0 Å². The molecule has 1 unspecified atom stereocenters. The Hall–Kier alpha value is -1.79. The summed E-state index contributed by atoms with van der Waals surface area (Å²) in [4.78, 5) is 12.1. The van der Waals surface area contributed by atoms with Crippen LogP contribution in [0.15, 0.2) is 36.8 Å². The van der Waals surface area contributed by atoms with E-state index in [9.17, 15) is 9.90 Å². The van der Waals surface area contributed by atoms with Gasteiger partial charge in [-0.15, -0.1) is 0 Å². The van der Waals surface area contributed by atoms with E-state index >= 15 is 0 Å². The van der Waals surface area contributed by atoms with E-state index in [0.29, 0.717) is 5.70 Å². The SMILES string of the molecule is C=C/C=C(/O)C(C)(C)N(C)N(C)C(=C)C(OC(C)(C)C)C(=O)OC. The molecule has 0 fully saturated rings. The maximum absolute atomic E-state index is 12.1. The number of aliphatic hydroxyl groups is 1. The Bertz CT molecular complexity index is 504. The summed E-state index contributed by atoms with van der Waals surface area (Å²) in [6, 6.07) is 0. The van der Waals surface area contributed by atoms with Crippen molar-refractivity contribution in [1.82, 2.24) is 10.0 Å². The molecule has 0 amide bonds. The number of hydrazine groups is 1. The van der Waals surface area contributed by atoms with Crippen molar-refractivity contribution in [2.75, 3.05) is 21.2 Å². The molecule has 0 spiro atoms. The number of allylic oxidation sites excluding steroid dienone is 2. The Balaban J connectivity index is 5.53. The number of likely N-dealkylation sites (N-methyl/N-ethyl adjacent to an activating group) is 2. The van der Waals surface area contributed by atoms with Crippen molar-refractivity contribution in [1.29, 1.82) is 0 Å². The highest BCUT2D eigenvalue weighted by molar-refractivity contribution is 5.77. The maximum atomic E-state index is 12.1. The van der Waals surface area contributed by atoms with Crippen LogP contribution in [0.2, 0.25) is 0 Å². The monoisotopic (exact) mass is 340 g/mol. The van der Waals surface area contributed by atoms with Crippen molar-refractivity contribution < 1.29 is 19.4 Å². The van der Waals surface area contributed by atoms with Crippen LogP contribution in [0.5, 0.6) is 0 Å². The largest absolute Gasteiger partial charge is 0.510 e. The molecule has 0 saturated heterocycles. The van der Waals surface area contributed by atoms with Gasteiger partial charge in [0.2, 0.25) is 0 Å². The van der Waals surface area contributed by atoms with Gasteiger partial charge in [0.05, 0.1) is 23.9 Å². The lowest BCUT2D eigenvalue weighted by molar-refractivity contribution is -0.164. The molecule has 0 aromatic rings. The molecule has 6 nitrogen and oxygen atoms in total. The lowest BCUT2D eigenvalue weighted by Crippen LogP contribution is -2.53. The Morgan fingerprint density at radius 3 is 2.08 bits per heavy atom. The molecule has 1 atom stereocenters. The second-order valence-electron chi connectivity index (χ2n) is 7.02. The van der Waals surface area contributed by atoms with Crippen LogP contribution in [-0.4, -0.2) is 59.5 Å². The summed E-state index contributed by atoms with van der Waals surface area (Å²) in [7, 11) is 4.83. The minimum absolute atomic E-state index is 0.131. The average molecular weight is 340 g/mol. The summed E-state index contributed by atoms with van der Waals surface area (Å²) >= 11 is 0. The third-order valence-electron chi connectivity index (χ3n) is 3.77. The first-order valence-corrected chi connectivity index (χ1v) is 7.73. The van der Waals surface area contributed by atoms with Gasteiger partial charge in [0.15, 0.2) is 6.10 Å². The molecule has 0 aliphatic rings. The number of rotatable bonds is 8. The topological polar surface area (TPSA) is 62.2 Å². The fourth-order valence-corrected chi connectivity index (χ4v) is 1.93. The molecule has 0 aliphatic heterocycles. The van der Waals surface area contributed by atoms with Crippen LogP contribution in [0.4, 0.5) is 0 Å². The van der Waals surface area contributed by atoms with Crippen molar-refractivity contribution in [3.05, 3.63) is 36.8 Å². The van der Waals surface area contributed by atoms with Crippen molar-refractivity contribution in [2.45, 2.75) is 51.9 Å². The van der Waals surface area contributed by atoms with Crippen molar-refractivity contribution >= 4 is 5.97 Å². The highest BCUT2D eigenvalue weighted by Gasteiger charge is 2.36. The molecule has 1 N–H and O–H groups in total. The Morgan fingerprint density at radius 1 is 1.21 bits per heavy atom. The number of aliphatic hydroxyl groups excluding tert-OH is 1. The number of carbonyl (C=O) groups is 1. The van der Waals surface area contributed by atoms with Gasteiger partial charge < -0.3 is 19.6 Å². The summed E-state index contributed by atoms with van der Waals surface area (Å²) in [6.45, 7) is 16.8. The van der Waals surface area contributed by atoms with Crippen molar-refractivity contribution in [3.8, 4) is 0 Å². The predicted octanol–water partition coefficient (Wildman–Crippen LogP) is 3.04. The molecule has 0 aromatic carbocycles. The Kier molecular flexibility index (Phi) is 7.73. The second-order valence-corrected chi connectivity index (χ2v) is 7.02. The molecule has 0 radical (unpaired) electrons. The summed E-state index contributed by atoms with van der Waals surface area (Å²) in [6.07, 6.45) is 2.08. The molecule has 0 bridgehead atoms. The lowest BCUT2D eigenvalue weighted by atomic mass is 10.0. The van der Waals surface area contributed by atoms with Gasteiger partial charge in [0.25, 0.3) is 0 Å². The van der Waals surface area contributed by atoms with Crippen LogP contribution in [0.25, 0.3) is 0 Å². The van der Waals surface area contributed by atoms with E-state index in [4.69, 9.17) is 9.47 Å². The van der Waals surface area contributed by atoms with Gasteiger partial charge in [-0.25, -0.2) is 9.80 Å². The fraction of sp³-hybridized carbons (Fsp3) is 0.611. The number of hydrogen-bond acceptors (Lipinski definition) is 6. The summed E-state index contributed by atoms with van der Waals surface area (Å²) in [5, 5.41) is 13.7. The smallest absolute Gasteiger partial charge is 0.341 e. The third-order valence-corrected chi connectivity index (χ3v) is 3.77. The highest BCUT2D eigenvalue weighted by Crippen LogP contribution is 2.26. The van der Waals surface area contributed by atoms with Crippen molar-refractivity contribution in [3.63, 3.8) is 0 Å². The van der Waals surface area contributed by atoms with Crippen LogP contribution in [0.1, 0.15) is 34.6 Å². The quantitative estimate of drug-likeness (QED) is 0.317. The van der Waals surface area contributed by atoms with Gasteiger partial charge in [-0.05, 0) is 40.7 Å². The Morgan fingerprint density at radius 2 is 1.71 bits per heavy atom. The van der Waals surface area contributed by atoms with Gasteiger partial charge >= 0.3 is 5.97 Å². The molecular weight excluding hydrogens is 308 g/mol. The van der Waals surface area contributed by atoms with Gasteiger partial charge in [-0.2, -0.15) is 0 Å². The first-order valence-electron chi connectivity index (χ1n) is 7.73. The molecular formula is C18H32N2O4. The van der Waals surface area contributed by atoms with E-state index in [0.717, 1.165) is 0 Å². The first kappa shape index (κ1) is 22.2. The molecule has 0 aromatic heterocycles. The van der Waals surface area contributed by atoms with Crippen molar-refractivity contribution in [2.24, 2.45) is 0 Å². The summed E-state index contributed by atoms with van der Waals surface area (Å²) in [5.74, 6) is -0.398. The number of nitrogens with zero attached hydrogens (tertiary/aromatic N) is 2. The van der Waals surface area contributed by atoms with E-state index in [2.05, 4.69) is 13.2 Å². The number of ether oxygens (including phenoxy) is 2. The second kappa shape index (κ2) is 8.35. The van der Waals surface area contributed by atoms with E-state index in [-0.39, 0.29) is 5.76 Å². The number of carbonyl (C=O) groups excluding carboxylic acids is 1. The molecule has 0 saturated carbocycles. The van der Waals surface area contributed by atoms with Gasteiger partial charge in [0, 0.05) is 14.1 Å². The molecule has 0 heterocycles. The zero-order chi connectivity index (χ0) is 19.3. The van der Waals surface area contributed by atoms with Gasteiger partial charge in [0.1, 0.15) is 5.76 Å². The third kappa shape index (κ3) is 5.69. The average Bonchev–Trinajstić information content (AvgIpc) is 2.48. The molecule has 138 valence electrons. The Labute approximate surface area is 146 Å². The molecule has 6 heteroatoms. The van der Waals surface area contributed by atoms with E-state index < -0.39 is 23.2 Å². The highest BCUT2D eigenvalue weighted by atomic mass is 16.6. The standard InChI is InChI=1S/C18H32N2O4/c1-11-12-14(21)18(6,7)20(9)19(8)13(2)15(16(22)23-10)24-17(3,4)5/h11-12,15,21H,1-2H2,3-10H3/b14-12+. The minimum Gasteiger partial charge on any atom is -0.510 e. The van der Waals surface area contributed by atoms with Gasteiger partial charge in [-0.1, -0.05) is 19.2 Å². The normalized spacial score (nSPS) is 14.3. The summed E-state index contributed by atoms with van der Waals surface area (Å²) < 4.78 is 10.6. The molecule has 0 rings (SSSR count). The van der Waals surface area contributed by atoms with E-state index in [1.54, 1.807) is 24.1 Å². The zero-order valence-corrected chi connectivity index (χ0v) is 16.2. The van der Waals surface area contributed by atoms with Crippen LogP contribution in [0.3, 0.4) is 0 Å². The van der Waals surface area contributed by atoms with Crippen LogP contribution in [0, 0.1) is 0 Å². The number of methoxy groups -OCH3 is 1. The first-order chi connectivity index (χ1) is 10.8. The van der Waals surface area contributed by atoms with E-state index in [1.807, 2.05) is 34.6 Å². The van der Waals surface area contributed by atoms with E-state index in [1.165, 1.54) is 19.3 Å². The summed E-state index contributed by atoms with van der Waals surface area (Å²) in [5.41, 5.74) is -0.894. The number of hydrogen-bond donors (Lipinski definition) is 1. The lowest BCUT2D eigenvalue weighted by Gasteiger charge is -2.44. The van der Waals surface area contributed by atoms with Crippen LogP contribution < -0.4 is 0 Å². The molecule has 0 aliphatic carbocycles. The minimum atomic E-state index is -0.955. The van der Waals surface area contributed by atoms with Gasteiger partial charge in [-0.3, -0.25) is 0 Å². The predicted molar refractivity (Wildman–Crippen MR) is 96.3 cm³/mol. The fourth-order valence-electron chi connectivity index (χ4n) is 1.93.